The molecule has 0 atom stereocenters. The number of rotatable bonds is 4. The van der Waals surface area contributed by atoms with Crippen LogP contribution in [-0.4, -0.2) is 37.9 Å². The molecule has 0 aromatic heterocycles. The van der Waals surface area contributed by atoms with E-state index in [0.717, 1.165) is 0 Å². The molecule has 3 rings (SSSR count). The average Bonchev–Trinajstić information content (AvgIpc) is 2.72. The fraction of sp³-hybridized carbons (Fsp3) is 0. The molecule has 0 amide bonds. The quantitative estimate of drug-likeness (QED) is 0.117. The van der Waals surface area contributed by atoms with Crippen LogP contribution in [0.25, 0.3) is 22.3 Å². The number of nitrogens with two attached hydrogens (primary N) is 6. The highest BCUT2D eigenvalue weighted by Gasteiger charge is 2.12. The molecule has 0 bridgehead atoms. The van der Waals surface area contributed by atoms with Gasteiger partial charge in [0.1, 0.15) is 20.2 Å². The fourth-order valence-electron chi connectivity index (χ4n) is 2.59. The van der Waals surface area contributed by atoms with E-state index >= 15 is 0 Å². The molecule has 0 heterocycles. The molecule has 0 spiro atoms. The van der Waals surface area contributed by atoms with Gasteiger partial charge in [0.15, 0.2) is 0 Å². The Labute approximate surface area is 196 Å². The summed E-state index contributed by atoms with van der Waals surface area (Å²) in [7, 11) is -9.19. The molecule has 182 valence electrons. The molecule has 0 aliphatic rings. The van der Waals surface area contributed by atoms with Gasteiger partial charge in [-0.15, -0.1) is 0 Å². The second-order valence-corrected chi connectivity index (χ2v) is 9.27. The van der Waals surface area contributed by atoms with E-state index < -0.39 is 20.2 Å². The smallest absolute Gasteiger partial charge is 0.336 e. The Bertz CT molecular complexity index is 1340. The lowest BCUT2D eigenvalue weighted by Crippen LogP contribution is -2.51. The Kier molecular flexibility index (Phi) is 9.70. The van der Waals surface area contributed by atoms with Gasteiger partial charge < -0.3 is 9.11 Å². The van der Waals surface area contributed by atoms with Crippen molar-refractivity contribution in [3.63, 3.8) is 0 Å². The van der Waals surface area contributed by atoms with E-state index in [1.807, 2.05) is 0 Å². The van der Waals surface area contributed by atoms with Gasteiger partial charge in [-0.25, -0.2) is 16.8 Å². The summed E-state index contributed by atoms with van der Waals surface area (Å²) in [4.78, 5) is -0.722. The van der Waals surface area contributed by atoms with Crippen LogP contribution < -0.4 is 33.8 Å². The third-order valence-electron chi connectivity index (χ3n) is 3.82. The minimum Gasteiger partial charge on any atom is -0.744 e. The van der Waals surface area contributed by atoms with Crippen LogP contribution >= 0.6 is 0 Å². The van der Waals surface area contributed by atoms with Gasteiger partial charge in [0.05, 0.1) is 9.79 Å². The normalized spacial score (nSPS) is 10.6. The van der Waals surface area contributed by atoms with E-state index in [-0.39, 0.29) is 21.7 Å². The van der Waals surface area contributed by atoms with E-state index in [2.05, 4.69) is 33.8 Å². The van der Waals surface area contributed by atoms with Crippen LogP contribution in [0.5, 0.6) is 0 Å². The molecular weight excluding hydrogens is 484 g/mol. The average molecular weight is 509 g/mol. The van der Waals surface area contributed by atoms with Gasteiger partial charge >= 0.3 is 11.9 Å². The summed E-state index contributed by atoms with van der Waals surface area (Å²) in [6.45, 7) is 0. The third kappa shape index (κ3) is 9.25. The molecule has 0 aliphatic carbocycles. The van der Waals surface area contributed by atoms with E-state index in [1.165, 1.54) is 42.5 Å². The van der Waals surface area contributed by atoms with Crippen LogP contribution in [0, 0.1) is 0 Å². The van der Waals surface area contributed by atoms with Crippen LogP contribution in [0.1, 0.15) is 0 Å². The first-order valence-corrected chi connectivity index (χ1v) is 11.9. The van der Waals surface area contributed by atoms with Crippen molar-refractivity contribution in [1.29, 1.82) is 0 Å². The lowest BCUT2D eigenvalue weighted by atomic mass is 9.95. The lowest BCUT2D eigenvalue weighted by molar-refractivity contribution is -0.117. The van der Waals surface area contributed by atoms with Crippen LogP contribution in [0.3, 0.4) is 0 Å². The number of guanidine groups is 2. The zero-order valence-electron chi connectivity index (χ0n) is 17.7. The van der Waals surface area contributed by atoms with Crippen molar-refractivity contribution in [2.45, 2.75) is 9.79 Å². The van der Waals surface area contributed by atoms with Gasteiger partial charge in [-0.05, 0) is 46.5 Å². The zero-order chi connectivity index (χ0) is 26.1. The monoisotopic (exact) mass is 508 g/mol. The number of hydrogen-bond acceptors (Lipinski definition) is 6. The molecule has 12 N–H and O–H groups in total. The maximum atomic E-state index is 11.4. The molecule has 0 saturated carbocycles. The van der Waals surface area contributed by atoms with Crippen molar-refractivity contribution >= 4 is 32.2 Å². The van der Waals surface area contributed by atoms with Crippen molar-refractivity contribution < 1.29 is 36.8 Å². The van der Waals surface area contributed by atoms with Gasteiger partial charge in [0.25, 0.3) is 0 Å². The molecule has 14 heteroatoms. The highest BCUT2D eigenvalue weighted by Crippen LogP contribution is 2.34. The maximum absolute atomic E-state index is 11.4. The minimum absolute atomic E-state index is 0.0833. The van der Waals surface area contributed by atoms with Gasteiger partial charge in [-0.3, -0.25) is 33.8 Å². The van der Waals surface area contributed by atoms with Crippen LogP contribution in [-0.2, 0) is 20.2 Å². The SMILES string of the molecule is NC(N)=[NH2+].NC(N)=[NH2+].O=S(=O)([O-])c1ccc(-c2ccc(S(=O)(=O)[O-])cc2-c2ccccc2)cc1. The van der Waals surface area contributed by atoms with Crippen LogP contribution in [0.4, 0.5) is 0 Å². The molecule has 12 nitrogen and oxygen atoms in total. The van der Waals surface area contributed by atoms with E-state index in [9.17, 15) is 25.9 Å². The Morgan fingerprint density at radius 1 is 0.588 bits per heavy atom. The molecule has 3 aromatic rings. The first kappa shape index (κ1) is 28.1. The van der Waals surface area contributed by atoms with E-state index in [0.29, 0.717) is 22.3 Å². The summed E-state index contributed by atoms with van der Waals surface area (Å²) in [6.07, 6.45) is 0. The second kappa shape index (κ2) is 11.8. The molecule has 0 unspecified atom stereocenters. The summed E-state index contributed by atoms with van der Waals surface area (Å²) < 4.78 is 67.3. The maximum Gasteiger partial charge on any atom is 0.336 e. The van der Waals surface area contributed by atoms with Gasteiger partial charge in [0.2, 0.25) is 0 Å². The van der Waals surface area contributed by atoms with Crippen LogP contribution in [0.15, 0.2) is 82.6 Å². The highest BCUT2D eigenvalue weighted by atomic mass is 32.2. The van der Waals surface area contributed by atoms with Crippen molar-refractivity contribution in [3.8, 4) is 22.3 Å². The Balaban J connectivity index is 0.000000629. The largest absolute Gasteiger partial charge is 0.744 e. The van der Waals surface area contributed by atoms with Crippen molar-refractivity contribution in [3.05, 3.63) is 72.8 Å². The van der Waals surface area contributed by atoms with Crippen molar-refractivity contribution in [2.75, 3.05) is 0 Å². The van der Waals surface area contributed by atoms with Gasteiger partial charge in [-0.2, -0.15) is 0 Å². The topological polar surface area (TPSA) is 270 Å². The molecule has 34 heavy (non-hydrogen) atoms. The summed E-state index contributed by atoms with van der Waals surface area (Å²) in [5.74, 6) is -0.167. The second-order valence-electron chi connectivity index (χ2n) is 6.51. The predicted molar refractivity (Wildman–Crippen MR) is 124 cm³/mol. The third-order valence-corrected chi connectivity index (χ3v) is 5.50. The molecule has 0 fully saturated rings. The first-order chi connectivity index (χ1) is 15.6. The summed E-state index contributed by atoms with van der Waals surface area (Å²) in [6, 6.07) is 18.1. The number of benzene rings is 3. The molecule has 0 saturated heterocycles. The highest BCUT2D eigenvalue weighted by molar-refractivity contribution is 7.86. The lowest BCUT2D eigenvalue weighted by Gasteiger charge is -2.15. The summed E-state index contributed by atoms with van der Waals surface area (Å²) in [5, 5.41) is 9.17. The Morgan fingerprint density at radius 3 is 1.38 bits per heavy atom. The summed E-state index contributed by atoms with van der Waals surface area (Å²) >= 11 is 0. The number of hydrogen-bond donors (Lipinski definition) is 6. The standard InChI is InChI=1S/C18H14O6S2.2CH5N3/c19-25(20,21)15-8-6-14(7-9-15)17-11-10-16(26(22,23)24)12-18(17)13-4-2-1-3-5-13;2*2-1(3)4/h1-12H,(H,19,20,21)(H,22,23,24);2*(H5,2,3,4). The predicted octanol–water partition coefficient (Wildman–Crippen LogP) is -3.13. The van der Waals surface area contributed by atoms with Crippen molar-refractivity contribution in [2.24, 2.45) is 22.9 Å². The van der Waals surface area contributed by atoms with Crippen LogP contribution in [0.2, 0.25) is 0 Å². The Morgan fingerprint density at radius 2 is 0.971 bits per heavy atom. The minimum atomic E-state index is -4.63. The van der Waals surface area contributed by atoms with E-state index in [1.54, 1.807) is 30.3 Å². The van der Waals surface area contributed by atoms with Gasteiger partial charge in [-0.1, -0.05) is 48.5 Å². The fourth-order valence-corrected chi connectivity index (χ4v) is 3.55. The summed E-state index contributed by atoms with van der Waals surface area (Å²) in [5.41, 5.74) is 20.7. The Hall–Kier alpha value is -3.98. The molecule has 0 aliphatic heterocycles. The molecule has 3 aromatic carbocycles. The zero-order valence-corrected chi connectivity index (χ0v) is 19.3. The van der Waals surface area contributed by atoms with Gasteiger partial charge in [0, 0.05) is 0 Å². The first-order valence-electron chi connectivity index (χ1n) is 9.11. The van der Waals surface area contributed by atoms with E-state index in [4.69, 9.17) is 0 Å². The molecule has 0 radical (unpaired) electrons. The van der Waals surface area contributed by atoms with Crippen molar-refractivity contribution in [1.82, 2.24) is 0 Å². The molecular formula is C20H24N6O6S2.